The van der Waals surface area contributed by atoms with Crippen LogP contribution < -0.4 is 20.1 Å². The minimum atomic E-state index is -1.01. The Bertz CT molecular complexity index is 1300. The summed E-state index contributed by atoms with van der Waals surface area (Å²) in [5.41, 5.74) is 2.00. The van der Waals surface area contributed by atoms with Crippen molar-refractivity contribution < 1.29 is 33.8 Å². The number of urea groups is 1. The largest absolute Gasteiger partial charge is 0.496 e. The molecular formula is C26H23N3O7. The number of aromatic carboxylic acids is 1. The van der Waals surface area contributed by atoms with E-state index in [4.69, 9.17) is 14.6 Å². The minimum absolute atomic E-state index is 0.0280. The molecule has 1 aliphatic heterocycles. The van der Waals surface area contributed by atoms with E-state index in [1.54, 1.807) is 54.6 Å². The molecule has 3 aromatic rings. The molecular weight excluding hydrogens is 466 g/mol. The Morgan fingerprint density at radius 2 is 1.61 bits per heavy atom. The first-order valence-corrected chi connectivity index (χ1v) is 11.0. The Labute approximate surface area is 206 Å². The van der Waals surface area contributed by atoms with Gasteiger partial charge in [0.25, 0.3) is 5.91 Å². The lowest BCUT2D eigenvalue weighted by Crippen LogP contribution is -2.28. The first kappa shape index (κ1) is 24.3. The van der Waals surface area contributed by atoms with Gasteiger partial charge in [0, 0.05) is 13.1 Å². The van der Waals surface area contributed by atoms with Gasteiger partial charge in [-0.1, -0.05) is 18.2 Å². The maximum Gasteiger partial charge on any atom is 0.335 e. The molecule has 1 aliphatic rings. The van der Waals surface area contributed by atoms with Crippen LogP contribution in [0.2, 0.25) is 0 Å². The fourth-order valence-corrected chi connectivity index (χ4v) is 3.62. The molecule has 10 nitrogen and oxygen atoms in total. The lowest BCUT2D eigenvalue weighted by Gasteiger charge is -2.15. The van der Waals surface area contributed by atoms with Gasteiger partial charge >= 0.3 is 12.0 Å². The van der Waals surface area contributed by atoms with Crippen molar-refractivity contribution in [3.8, 4) is 17.2 Å². The summed E-state index contributed by atoms with van der Waals surface area (Å²) in [7, 11) is 1.46. The van der Waals surface area contributed by atoms with Gasteiger partial charge in [-0.15, -0.1) is 0 Å². The van der Waals surface area contributed by atoms with Crippen molar-refractivity contribution in [2.45, 2.75) is 13.1 Å². The number of nitrogens with one attached hydrogen (secondary N) is 2. The van der Waals surface area contributed by atoms with Gasteiger partial charge in [0.05, 0.1) is 18.2 Å². The summed E-state index contributed by atoms with van der Waals surface area (Å²) in [5.74, 6) is -0.270. The Morgan fingerprint density at radius 3 is 2.19 bits per heavy atom. The number of methoxy groups -OCH3 is 1. The van der Waals surface area contributed by atoms with Crippen molar-refractivity contribution in [1.29, 1.82) is 0 Å². The average molecular weight is 489 g/mol. The van der Waals surface area contributed by atoms with Gasteiger partial charge in [-0.25, -0.2) is 9.59 Å². The molecule has 184 valence electrons. The first-order chi connectivity index (χ1) is 17.3. The predicted octanol–water partition coefficient (Wildman–Crippen LogP) is 3.17. The molecule has 1 heterocycles. The highest BCUT2D eigenvalue weighted by Crippen LogP contribution is 2.23. The zero-order valence-electron chi connectivity index (χ0n) is 19.3. The number of carbonyl (C=O) groups is 4. The number of imide groups is 1. The van der Waals surface area contributed by atoms with Gasteiger partial charge in [-0.2, -0.15) is 0 Å². The van der Waals surface area contributed by atoms with Gasteiger partial charge in [0.1, 0.15) is 23.8 Å². The molecule has 1 saturated heterocycles. The van der Waals surface area contributed by atoms with Crippen LogP contribution in [0.4, 0.5) is 4.79 Å². The van der Waals surface area contributed by atoms with E-state index >= 15 is 0 Å². The number of nitrogens with zero attached hydrogens (tertiary/aromatic N) is 1. The van der Waals surface area contributed by atoms with Crippen LogP contribution in [0.5, 0.6) is 17.2 Å². The van der Waals surface area contributed by atoms with Gasteiger partial charge in [-0.3, -0.25) is 14.9 Å². The summed E-state index contributed by atoms with van der Waals surface area (Å²) >= 11 is 0. The van der Waals surface area contributed by atoms with Crippen molar-refractivity contribution in [2.75, 3.05) is 13.7 Å². The molecule has 0 bridgehead atoms. The van der Waals surface area contributed by atoms with Gasteiger partial charge in [-0.05, 0) is 59.7 Å². The molecule has 10 heteroatoms. The summed E-state index contributed by atoms with van der Waals surface area (Å²) in [6.45, 7) is 0.408. The van der Waals surface area contributed by atoms with Crippen molar-refractivity contribution in [1.82, 2.24) is 15.5 Å². The van der Waals surface area contributed by atoms with E-state index in [1.807, 2.05) is 0 Å². The third-order valence-electron chi connectivity index (χ3n) is 5.46. The highest BCUT2D eigenvalue weighted by molar-refractivity contribution is 6.02. The number of ether oxygens (including phenoxy) is 2. The van der Waals surface area contributed by atoms with Crippen LogP contribution in [0, 0.1) is 0 Å². The smallest absolute Gasteiger partial charge is 0.335 e. The fourth-order valence-electron chi connectivity index (χ4n) is 3.62. The van der Waals surface area contributed by atoms with Gasteiger partial charge in [0.15, 0.2) is 0 Å². The van der Waals surface area contributed by atoms with Crippen LogP contribution in [0.1, 0.15) is 31.8 Å². The Morgan fingerprint density at radius 1 is 0.972 bits per heavy atom. The SMILES string of the molecule is COc1ccc(CN2CC(=O)NC2=O)cc1C(=O)NCc1ccc(Oc2ccc(C(=O)O)cc2)cc1. The third kappa shape index (κ3) is 5.79. The second-order valence-corrected chi connectivity index (χ2v) is 8.00. The predicted molar refractivity (Wildman–Crippen MR) is 128 cm³/mol. The van der Waals surface area contributed by atoms with E-state index in [0.717, 1.165) is 5.56 Å². The lowest BCUT2D eigenvalue weighted by molar-refractivity contribution is -0.118. The van der Waals surface area contributed by atoms with Crippen LogP contribution in [0.15, 0.2) is 66.7 Å². The van der Waals surface area contributed by atoms with E-state index in [0.29, 0.717) is 28.4 Å². The number of amides is 4. The molecule has 0 aliphatic carbocycles. The quantitative estimate of drug-likeness (QED) is 0.393. The zero-order valence-corrected chi connectivity index (χ0v) is 19.3. The summed E-state index contributed by atoms with van der Waals surface area (Å²) in [4.78, 5) is 48.4. The van der Waals surface area contributed by atoms with E-state index in [2.05, 4.69) is 10.6 Å². The van der Waals surface area contributed by atoms with Crippen molar-refractivity contribution >= 4 is 23.8 Å². The minimum Gasteiger partial charge on any atom is -0.496 e. The third-order valence-corrected chi connectivity index (χ3v) is 5.46. The molecule has 3 aromatic carbocycles. The second-order valence-electron chi connectivity index (χ2n) is 8.00. The number of benzene rings is 3. The van der Waals surface area contributed by atoms with Crippen LogP contribution in [0.25, 0.3) is 0 Å². The van der Waals surface area contributed by atoms with E-state index in [9.17, 15) is 19.2 Å². The summed E-state index contributed by atoms with van der Waals surface area (Å²) in [6.07, 6.45) is 0. The average Bonchev–Trinajstić information content (AvgIpc) is 3.19. The number of hydrogen-bond acceptors (Lipinski definition) is 6. The maximum atomic E-state index is 12.9. The molecule has 4 amide bonds. The number of carboxylic acid groups (broad SMARTS) is 1. The van der Waals surface area contributed by atoms with Crippen LogP contribution >= 0.6 is 0 Å². The standard InChI is InChI=1S/C26H23N3O7/c1-35-22-11-4-17(14-29-15-23(30)28-26(29)34)12-21(22)24(31)27-13-16-2-7-19(8-3-16)36-20-9-5-18(6-10-20)25(32)33/h2-12H,13-15H2,1H3,(H,27,31)(H,32,33)(H,28,30,34). The highest BCUT2D eigenvalue weighted by atomic mass is 16.5. The topological polar surface area (TPSA) is 134 Å². The van der Waals surface area contributed by atoms with Crippen LogP contribution in [-0.4, -0.2) is 47.5 Å². The van der Waals surface area contributed by atoms with Crippen LogP contribution in [-0.2, 0) is 17.9 Å². The zero-order chi connectivity index (χ0) is 25.7. The molecule has 4 rings (SSSR count). The van der Waals surface area contributed by atoms with Crippen molar-refractivity contribution in [2.24, 2.45) is 0 Å². The van der Waals surface area contributed by atoms with E-state index < -0.39 is 12.0 Å². The molecule has 36 heavy (non-hydrogen) atoms. The van der Waals surface area contributed by atoms with E-state index in [1.165, 1.54) is 24.1 Å². The van der Waals surface area contributed by atoms with Crippen molar-refractivity contribution in [3.05, 3.63) is 89.0 Å². The normalized spacial score (nSPS) is 12.8. The second kappa shape index (κ2) is 10.6. The molecule has 0 unspecified atom stereocenters. The molecule has 0 saturated carbocycles. The summed E-state index contributed by atoms with van der Waals surface area (Å²) in [5, 5.41) is 14.0. The highest BCUT2D eigenvalue weighted by Gasteiger charge is 2.27. The Balaban J connectivity index is 1.37. The Hall–Kier alpha value is -4.86. The molecule has 0 atom stereocenters. The molecule has 0 spiro atoms. The Kier molecular flexibility index (Phi) is 7.15. The summed E-state index contributed by atoms with van der Waals surface area (Å²) < 4.78 is 11.0. The molecule has 1 fully saturated rings. The van der Waals surface area contributed by atoms with Crippen LogP contribution in [0.3, 0.4) is 0 Å². The monoisotopic (exact) mass is 489 g/mol. The van der Waals surface area contributed by atoms with E-state index in [-0.39, 0.29) is 37.0 Å². The lowest BCUT2D eigenvalue weighted by atomic mass is 10.1. The van der Waals surface area contributed by atoms with Crippen molar-refractivity contribution in [3.63, 3.8) is 0 Å². The summed E-state index contributed by atoms with van der Waals surface area (Å²) in [6, 6.07) is 17.7. The number of carbonyl (C=O) groups excluding carboxylic acids is 3. The fraction of sp³-hybridized carbons (Fsp3) is 0.154. The maximum absolute atomic E-state index is 12.9. The number of carboxylic acids is 1. The number of rotatable bonds is 9. The molecule has 0 aromatic heterocycles. The molecule has 3 N–H and O–H groups in total. The molecule has 0 radical (unpaired) electrons. The number of hydrogen-bond donors (Lipinski definition) is 3. The van der Waals surface area contributed by atoms with Gasteiger partial charge < -0.3 is 24.8 Å². The first-order valence-electron chi connectivity index (χ1n) is 11.0. The van der Waals surface area contributed by atoms with Gasteiger partial charge in [0.2, 0.25) is 5.91 Å².